The Hall–Kier alpha value is -0.620. The normalized spacial score (nSPS) is 12.2. The SMILES string of the molecule is CCN(Cc1ccc(F)c(Br)c1)CC(F)(F)F. The van der Waals surface area contributed by atoms with Crippen molar-refractivity contribution in [1.82, 2.24) is 4.90 Å². The zero-order valence-corrected chi connectivity index (χ0v) is 10.8. The molecule has 0 unspecified atom stereocenters. The lowest BCUT2D eigenvalue weighted by Crippen LogP contribution is -2.33. The molecular formula is C11H12BrF4N. The lowest BCUT2D eigenvalue weighted by Gasteiger charge is -2.22. The van der Waals surface area contributed by atoms with E-state index in [4.69, 9.17) is 0 Å². The molecule has 0 heterocycles. The third-order valence-corrected chi connectivity index (χ3v) is 2.85. The topological polar surface area (TPSA) is 3.24 Å². The van der Waals surface area contributed by atoms with Crippen molar-refractivity contribution in [3.63, 3.8) is 0 Å². The minimum atomic E-state index is -4.22. The summed E-state index contributed by atoms with van der Waals surface area (Å²) in [7, 11) is 0. The lowest BCUT2D eigenvalue weighted by molar-refractivity contribution is -0.146. The van der Waals surface area contributed by atoms with Gasteiger partial charge in [-0.25, -0.2) is 4.39 Å². The maximum atomic E-state index is 12.9. The summed E-state index contributed by atoms with van der Waals surface area (Å²) in [6.07, 6.45) is -4.22. The van der Waals surface area contributed by atoms with Gasteiger partial charge in [-0.05, 0) is 40.2 Å². The van der Waals surface area contributed by atoms with E-state index in [1.54, 1.807) is 6.92 Å². The van der Waals surface area contributed by atoms with E-state index < -0.39 is 18.5 Å². The van der Waals surface area contributed by atoms with Gasteiger partial charge in [-0.3, -0.25) is 4.90 Å². The molecule has 1 nitrogen and oxygen atoms in total. The van der Waals surface area contributed by atoms with Gasteiger partial charge in [0.25, 0.3) is 0 Å². The summed E-state index contributed by atoms with van der Waals surface area (Å²) in [4.78, 5) is 1.25. The first-order valence-electron chi connectivity index (χ1n) is 5.05. The van der Waals surface area contributed by atoms with Gasteiger partial charge in [0.15, 0.2) is 0 Å². The van der Waals surface area contributed by atoms with Gasteiger partial charge in [-0.2, -0.15) is 13.2 Å². The molecule has 0 aliphatic heterocycles. The van der Waals surface area contributed by atoms with E-state index in [-0.39, 0.29) is 17.6 Å². The van der Waals surface area contributed by atoms with Crippen molar-refractivity contribution < 1.29 is 17.6 Å². The van der Waals surface area contributed by atoms with Gasteiger partial charge in [0.2, 0.25) is 0 Å². The Balaban J connectivity index is 2.70. The van der Waals surface area contributed by atoms with Gasteiger partial charge in [0, 0.05) is 6.54 Å². The number of hydrogen-bond donors (Lipinski definition) is 0. The summed E-state index contributed by atoms with van der Waals surface area (Å²) in [5, 5.41) is 0. The van der Waals surface area contributed by atoms with Crippen LogP contribution in [0, 0.1) is 5.82 Å². The van der Waals surface area contributed by atoms with E-state index in [9.17, 15) is 17.6 Å². The van der Waals surface area contributed by atoms with Gasteiger partial charge in [0.1, 0.15) is 5.82 Å². The molecule has 1 rings (SSSR count). The first-order valence-corrected chi connectivity index (χ1v) is 5.84. The fraction of sp³-hybridized carbons (Fsp3) is 0.455. The Morgan fingerprint density at radius 2 is 1.94 bits per heavy atom. The quantitative estimate of drug-likeness (QED) is 0.760. The Morgan fingerprint density at radius 1 is 1.29 bits per heavy atom. The minimum absolute atomic E-state index is 0.148. The van der Waals surface area contributed by atoms with Gasteiger partial charge in [0.05, 0.1) is 11.0 Å². The van der Waals surface area contributed by atoms with E-state index in [0.717, 1.165) is 0 Å². The first kappa shape index (κ1) is 14.4. The number of benzene rings is 1. The average Bonchev–Trinajstić information content (AvgIpc) is 2.20. The van der Waals surface area contributed by atoms with Crippen molar-refractivity contribution in [3.8, 4) is 0 Å². The molecule has 0 saturated carbocycles. The van der Waals surface area contributed by atoms with E-state index in [1.807, 2.05) is 0 Å². The van der Waals surface area contributed by atoms with Crippen LogP contribution in [0.25, 0.3) is 0 Å². The molecule has 0 amide bonds. The van der Waals surface area contributed by atoms with Crippen LogP contribution < -0.4 is 0 Å². The molecule has 0 aliphatic rings. The monoisotopic (exact) mass is 313 g/mol. The molecule has 0 spiro atoms. The van der Waals surface area contributed by atoms with Gasteiger partial charge >= 0.3 is 6.18 Å². The van der Waals surface area contributed by atoms with Crippen molar-refractivity contribution in [1.29, 1.82) is 0 Å². The molecular weight excluding hydrogens is 302 g/mol. The summed E-state index contributed by atoms with van der Waals surface area (Å²) in [5.41, 5.74) is 0.643. The third-order valence-electron chi connectivity index (χ3n) is 2.24. The predicted octanol–water partition coefficient (Wildman–Crippen LogP) is 3.97. The second kappa shape index (κ2) is 5.82. The van der Waals surface area contributed by atoms with Crippen LogP contribution in [-0.4, -0.2) is 24.2 Å². The zero-order valence-electron chi connectivity index (χ0n) is 9.19. The predicted molar refractivity (Wildman–Crippen MR) is 61.1 cm³/mol. The fourth-order valence-corrected chi connectivity index (χ4v) is 1.86. The van der Waals surface area contributed by atoms with Crippen LogP contribution in [0.4, 0.5) is 17.6 Å². The number of nitrogens with zero attached hydrogens (tertiary/aromatic N) is 1. The number of hydrogen-bond acceptors (Lipinski definition) is 1. The Labute approximate surface area is 106 Å². The minimum Gasteiger partial charge on any atom is -0.291 e. The molecule has 0 bridgehead atoms. The van der Waals surface area contributed by atoms with Crippen LogP contribution in [0.15, 0.2) is 22.7 Å². The summed E-state index contributed by atoms with van der Waals surface area (Å²) < 4.78 is 49.9. The molecule has 0 aliphatic carbocycles. The van der Waals surface area contributed by atoms with Crippen LogP contribution in [-0.2, 0) is 6.54 Å². The maximum absolute atomic E-state index is 12.9. The van der Waals surface area contributed by atoms with Gasteiger partial charge in [-0.1, -0.05) is 13.0 Å². The fourth-order valence-electron chi connectivity index (χ4n) is 1.43. The second-order valence-electron chi connectivity index (χ2n) is 3.67. The summed E-state index contributed by atoms with van der Waals surface area (Å²) in [6.45, 7) is 1.13. The smallest absolute Gasteiger partial charge is 0.291 e. The lowest BCUT2D eigenvalue weighted by atomic mass is 10.2. The number of rotatable bonds is 4. The highest BCUT2D eigenvalue weighted by atomic mass is 79.9. The number of halogens is 5. The van der Waals surface area contributed by atoms with Crippen molar-refractivity contribution in [2.75, 3.05) is 13.1 Å². The van der Waals surface area contributed by atoms with Crippen molar-refractivity contribution in [3.05, 3.63) is 34.1 Å². The number of alkyl halides is 3. The second-order valence-corrected chi connectivity index (χ2v) is 4.52. The highest BCUT2D eigenvalue weighted by Gasteiger charge is 2.30. The molecule has 0 aromatic heterocycles. The molecule has 1 aromatic carbocycles. The molecule has 6 heteroatoms. The van der Waals surface area contributed by atoms with Crippen LogP contribution in [0.3, 0.4) is 0 Å². The van der Waals surface area contributed by atoms with Gasteiger partial charge < -0.3 is 0 Å². The Bertz CT molecular complexity index is 378. The van der Waals surface area contributed by atoms with Gasteiger partial charge in [-0.15, -0.1) is 0 Å². The molecule has 17 heavy (non-hydrogen) atoms. The molecule has 96 valence electrons. The van der Waals surface area contributed by atoms with Crippen molar-refractivity contribution in [2.45, 2.75) is 19.6 Å². The van der Waals surface area contributed by atoms with Crippen LogP contribution >= 0.6 is 15.9 Å². The summed E-state index contributed by atoms with van der Waals surface area (Å²) in [5.74, 6) is -0.424. The molecule has 0 N–H and O–H groups in total. The van der Waals surface area contributed by atoms with E-state index >= 15 is 0 Å². The van der Waals surface area contributed by atoms with Crippen LogP contribution in [0.2, 0.25) is 0 Å². The highest BCUT2D eigenvalue weighted by molar-refractivity contribution is 9.10. The third kappa shape index (κ3) is 5.04. The standard InChI is InChI=1S/C11H12BrF4N/c1-2-17(7-11(14,15)16)6-8-3-4-10(13)9(12)5-8/h3-5H,2,6-7H2,1H3. The highest BCUT2D eigenvalue weighted by Crippen LogP contribution is 2.20. The molecule has 0 atom stereocenters. The van der Waals surface area contributed by atoms with E-state index in [2.05, 4.69) is 15.9 Å². The molecule has 0 fully saturated rings. The Kier molecular flexibility index (Phi) is 4.94. The maximum Gasteiger partial charge on any atom is 0.401 e. The molecule has 1 aromatic rings. The summed E-state index contributed by atoms with van der Waals surface area (Å²) in [6, 6.07) is 4.22. The molecule has 0 radical (unpaired) electrons. The molecule has 0 saturated heterocycles. The van der Waals surface area contributed by atoms with Crippen LogP contribution in [0.1, 0.15) is 12.5 Å². The Morgan fingerprint density at radius 3 is 2.41 bits per heavy atom. The zero-order chi connectivity index (χ0) is 13.1. The van der Waals surface area contributed by atoms with Crippen molar-refractivity contribution >= 4 is 15.9 Å². The average molecular weight is 314 g/mol. The first-order chi connectivity index (χ1) is 7.81. The van der Waals surface area contributed by atoms with Crippen LogP contribution in [0.5, 0.6) is 0 Å². The summed E-state index contributed by atoms with van der Waals surface area (Å²) >= 11 is 3.00. The van der Waals surface area contributed by atoms with E-state index in [0.29, 0.717) is 5.56 Å². The van der Waals surface area contributed by atoms with E-state index in [1.165, 1.54) is 23.1 Å². The largest absolute Gasteiger partial charge is 0.401 e. The van der Waals surface area contributed by atoms with Crippen molar-refractivity contribution in [2.24, 2.45) is 0 Å².